The minimum absolute atomic E-state index is 0.0531. The fourth-order valence-corrected chi connectivity index (χ4v) is 4.08. The molecule has 0 aromatic heterocycles. The molecule has 5 nitrogen and oxygen atoms in total. The quantitative estimate of drug-likeness (QED) is 0.801. The number of halogens is 1. The second-order valence-corrected chi connectivity index (χ2v) is 8.91. The SMILES string of the molecule is CC(C)(C)C(=O)NC1C[C@H]2CCC[C@@H](C1)N2C(=O)Nc1ccc(Cl)cc1. The van der Waals surface area contributed by atoms with Crippen LogP contribution in [0.3, 0.4) is 0 Å². The molecule has 1 aromatic rings. The van der Waals surface area contributed by atoms with E-state index in [9.17, 15) is 9.59 Å². The van der Waals surface area contributed by atoms with E-state index in [1.165, 1.54) is 0 Å². The van der Waals surface area contributed by atoms with Gasteiger partial charge in [0.05, 0.1) is 0 Å². The number of piperidine rings is 2. The Labute approximate surface area is 160 Å². The highest BCUT2D eigenvalue weighted by atomic mass is 35.5. The first-order chi connectivity index (χ1) is 12.2. The molecule has 142 valence electrons. The number of nitrogens with zero attached hydrogens (tertiary/aromatic N) is 1. The normalized spacial score (nSPS) is 25.5. The minimum Gasteiger partial charge on any atom is -0.353 e. The zero-order chi connectivity index (χ0) is 18.9. The van der Waals surface area contributed by atoms with E-state index >= 15 is 0 Å². The van der Waals surface area contributed by atoms with E-state index in [2.05, 4.69) is 10.6 Å². The van der Waals surface area contributed by atoms with Gasteiger partial charge in [-0.25, -0.2) is 4.79 Å². The van der Waals surface area contributed by atoms with Crippen LogP contribution in [-0.4, -0.2) is 35.0 Å². The molecule has 26 heavy (non-hydrogen) atoms. The number of hydrogen-bond donors (Lipinski definition) is 2. The van der Waals surface area contributed by atoms with Gasteiger partial charge in [-0.2, -0.15) is 0 Å². The molecule has 2 aliphatic heterocycles. The van der Waals surface area contributed by atoms with Crippen LogP contribution >= 0.6 is 11.6 Å². The largest absolute Gasteiger partial charge is 0.353 e. The number of anilines is 1. The van der Waals surface area contributed by atoms with Gasteiger partial charge in [-0.3, -0.25) is 4.79 Å². The van der Waals surface area contributed by atoms with Gasteiger partial charge in [-0.05, 0) is 56.4 Å². The average Bonchev–Trinajstić information content (AvgIpc) is 2.55. The molecule has 3 atom stereocenters. The predicted molar refractivity (Wildman–Crippen MR) is 104 cm³/mol. The molecule has 1 unspecified atom stereocenters. The lowest BCUT2D eigenvalue weighted by Gasteiger charge is -2.49. The lowest BCUT2D eigenvalue weighted by molar-refractivity contribution is -0.129. The number of carbonyl (C=O) groups is 2. The van der Waals surface area contributed by atoms with Crippen LogP contribution in [0, 0.1) is 5.41 Å². The van der Waals surface area contributed by atoms with Crippen molar-refractivity contribution in [3.63, 3.8) is 0 Å². The molecule has 3 amide bonds. The van der Waals surface area contributed by atoms with E-state index in [-0.39, 0.29) is 30.1 Å². The summed E-state index contributed by atoms with van der Waals surface area (Å²) in [5.41, 5.74) is 0.360. The van der Waals surface area contributed by atoms with Gasteiger partial charge in [0.2, 0.25) is 5.91 Å². The fourth-order valence-electron chi connectivity index (χ4n) is 3.95. The molecule has 2 saturated heterocycles. The van der Waals surface area contributed by atoms with Crippen molar-refractivity contribution in [2.75, 3.05) is 5.32 Å². The van der Waals surface area contributed by atoms with Crippen molar-refractivity contribution in [1.82, 2.24) is 10.2 Å². The fraction of sp³-hybridized carbons (Fsp3) is 0.600. The smallest absolute Gasteiger partial charge is 0.322 e. The molecule has 3 rings (SSSR count). The van der Waals surface area contributed by atoms with E-state index < -0.39 is 5.41 Å². The lowest BCUT2D eigenvalue weighted by Crippen LogP contribution is -2.60. The highest BCUT2D eigenvalue weighted by Crippen LogP contribution is 2.35. The molecule has 2 fully saturated rings. The van der Waals surface area contributed by atoms with Crippen molar-refractivity contribution >= 4 is 29.2 Å². The number of nitrogens with one attached hydrogen (secondary N) is 2. The molecule has 0 radical (unpaired) electrons. The molecule has 2 aliphatic rings. The van der Waals surface area contributed by atoms with Crippen molar-refractivity contribution in [3.8, 4) is 0 Å². The van der Waals surface area contributed by atoms with E-state index in [4.69, 9.17) is 11.6 Å². The van der Waals surface area contributed by atoms with Crippen LogP contribution < -0.4 is 10.6 Å². The average molecular weight is 378 g/mol. The van der Waals surface area contributed by atoms with Gasteiger partial charge in [-0.15, -0.1) is 0 Å². The second kappa shape index (κ2) is 7.47. The van der Waals surface area contributed by atoms with Crippen molar-refractivity contribution < 1.29 is 9.59 Å². The van der Waals surface area contributed by atoms with Crippen LogP contribution in [0.2, 0.25) is 5.02 Å². The van der Waals surface area contributed by atoms with Crippen LogP contribution in [0.4, 0.5) is 10.5 Å². The van der Waals surface area contributed by atoms with E-state index in [1.54, 1.807) is 12.1 Å². The third-order valence-electron chi connectivity index (χ3n) is 5.32. The van der Waals surface area contributed by atoms with E-state index in [0.29, 0.717) is 5.02 Å². The maximum atomic E-state index is 12.8. The molecule has 6 heteroatoms. The van der Waals surface area contributed by atoms with Crippen molar-refractivity contribution in [3.05, 3.63) is 29.3 Å². The molecule has 0 spiro atoms. The predicted octanol–water partition coefficient (Wildman–Crippen LogP) is 4.42. The summed E-state index contributed by atoms with van der Waals surface area (Å²) in [7, 11) is 0. The number of fused-ring (bicyclic) bond motifs is 2. The highest BCUT2D eigenvalue weighted by molar-refractivity contribution is 6.30. The van der Waals surface area contributed by atoms with E-state index in [0.717, 1.165) is 37.8 Å². The Balaban J connectivity index is 1.65. The van der Waals surface area contributed by atoms with Crippen LogP contribution in [0.1, 0.15) is 52.9 Å². The zero-order valence-electron chi connectivity index (χ0n) is 15.7. The van der Waals surface area contributed by atoms with E-state index in [1.807, 2.05) is 37.8 Å². The van der Waals surface area contributed by atoms with Crippen molar-refractivity contribution in [2.45, 2.75) is 71.0 Å². The number of amides is 3. The molecule has 2 heterocycles. The number of urea groups is 1. The van der Waals surface area contributed by atoms with Crippen LogP contribution in [0.25, 0.3) is 0 Å². The summed E-state index contributed by atoms with van der Waals surface area (Å²) in [4.78, 5) is 27.2. The summed E-state index contributed by atoms with van der Waals surface area (Å²) in [6, 6.07) is 7.62. The zero-order valence-corrected chi connectivity index (χ0v) is 16.5. The van der Waals surface area contributed by atoms with Crippen LogP contribution in [-0.2, 0) is 4.79 Å². The Morgan fingerprint density at radius 3 is 2.19 bits per heavy atom. The summed E-state index contributed by atoms with van der Waals surface area (Å²) in [5.74, 6) is 0.0830. The summed E-state index contributed by atoms with van der Waals surface area (Å²) in [5, 5.41) is 6.83. The minimum atomic E-state index is -0.391. The highest BCUT2D eigenvalue weighted by Gasteiger charge is 2.41. The molecular formula is C20H28ClN3O2. The van der Waals surface area contributed by atoms with Gasteiger partial charge >= 0.3 is 6.03 Å². The maximum absolute atomic E-state index is 12.8. The Morgan fingerprint density at radius 1 is 1.08 bits per heavy atom. The number of carbonyl (C=O) groups excluding carboxylic acids is 2. The monoisotopic (exact) mass is 377 g/mol. The Hall–Kier alpha value is -1.75. The lowest BCUT2D eigenvalue weighted by atomic mass is 9.81. The Morgan fingerprint density at radius 2 is 1.65 bits per heavy atom. The second-order valence-electron chi connectivity index (χ2n) is 8.47. The summed E-state index contributed by atoms with van der Waals surface area (Å²) in [6.45, 7) is 5.79. The van der Waals surface area contributed by atoms with Crippen molar-refractivity contribution in [2.24, 2.45) is 5.41 Å². The van der Waals surface area contributed by atoms with Crippen molar-refractivity contribution in [1.29, 1.82) is 0 Å². The standard InChI is InChI=1S/C20H28ClN3O2/c1-20(2,3)18(25)22-15-11-16-5-4-6-17(12-15)24(16)19(26)23-14-9-7-13(21)8-10-14/h7-10,15-17H,4-6,11-12H2,1-3H3,(H,22,25)(H,23,26)/t15?,16-,17+. The topological polar surface area (TPSA) is 61.4 Å². The van der Waals surface area contributed by atoms with Gasteiger partial charge in [-0.1, -0.05) is 32.4 Å². The first-order valence-electron chi connectivity index (χ1n) is 9.40. The van der Waals surface area contributed by atoms with Gasteiger partial charge in [0.1, 0.15) is 0 Å². The number of benzene rings is 1. The third-order valence-corrected chi connectivity index (χ3v) is 5.57. The van der Waals surface area contributed by atoms with Gasteiger partial charge in [0, 0.05) is 34.3 Å². The maximum Gasteiger partial charge on any atom is 0.322 e. The van der Waals surface area contributed by atoms with Crippen LogP contribution in [0.15, 0.2) is 24.3 Å². The molecule has 2 N–H and O–H groups in total. The first-order valence-corrected chi connectivity index (χ1v) is 9.77. The summed E-state index contributed by atoms with van der Waals surface area (Å²) < 4.78 is 0. The molecule has 0 saturated carbocycles. The van der Waals surface area contributed by atoms with Gasteiger partial charge in [0.25, 0.3) is 0 Å². The summed E-state index contributed by atoms with van der Waals surface area (Å²) >= 11 is 5.91. The summed E-state index contributed by atoms with van der Waals surface area (Å²) in [6.07, 6.45) is 4.78. The third kappa shape index (κ3) is 4.32. The number of rotatable bonds is 2. The molecular weight excluding hydrogens is 350 g/mol. The molecule has 1 aromatic carbocycles. The Bertz CT molecular complexity index is 655. The Kier molecular flexibility index (Phi) is 5.47. The molecule has 0 aliphatic carbocycles. The van der Waals surface area contributed by atoms with Crippen LogP contribution in [0.5, 0.6) is 0 Å². The van der Waals surface area contributed by atoms with Gasteiger partial charge in [0.15, 0.2) is 0 Å². The first kappa shape index (κ1) is 19.0. The van der Waals surface area contributed by atoms with Gasteiger partial charge < -0.3 is 15.5 Å². The number of hydrogen-bond acceptors (Lipinski definition) is 2. The molecule has 2 bridgehead atoms.